The fourth-order valence-electron chi connectivity index (χ4n) is 1.36. The minimum atomic E-state index is -0.963. The van der Waals surface area contributed by atoms with Gasteiger partial charge in [-0.1, -0.05) is 6.92 Å². The normalized spacial score (nSPS) is 11.3. The number of hydrogen-bond donors (Lipinski definition) is 2. The van der Waals surface area contributed by atoms with E-state index in [2.05, 4.69) is 10.3 Å². The van der Waals surface area contributed by atoms with E-state index in [1.54, 1.807) is 6.92 Å². The number of nitrogens with zero attached hydrogens (tertiary/aromatic N) is 2. The highest BCUT2D eigenvalue weighted by Crippen LogP contribution is 2.02. The van der Waals surface area contributed by atoms with Crippen molar-refractivity contribution in [2.75, 3.05) is 0 Å². The Bertz CT molecular complexity index is 476. The third-order valence-electron chi connectivity index (χ3n) is 2.37. The summed E-state index contributed by atoms with van der Waals surface area (Å²) in [4.78, 5) is 26.1. The highest BCUT2D eigenvalue weighted by Gasteiger charge is 2.15. The number of aromatic nitrogens is 1. The number of hydrogen-bond acceptors (Lipinski definition) is 4. The molecule has 0 spiro atoms. The van der Waals surface area contributed by atoms with E-state index < -0.39 is 17.9 Å². The molecule has 0 saturated heterocycles. The van der Waals surface area contributed by atoms with Gasteiger partial charge in [-0.3, -0.25) is 9.59 Å². The topological polar surface area (TPSA) is 103 Å². The molecule has 6 heteroatoms. The van der Waals surface area contributed by atoms with Gasteiger partial charge in [-0.2, -0.15) is 5.26 Å². The van der Waals surface area contributed by atoms with E-state index in [0.717, 1.165) is 0 Å². The van der Waals surface area contributed by atoms with Crippen LogP contribution in [-0.4, -0.2) is 28.0 Å². The lowest BCUT2D eigenvalue weighted by atomic mass is 10.1. The molecule has 1 amide bonds. The summed E-state index contributed by atoms with van der Waals surface area (Å²) in [6.07, 6.45) is 1.69. The van der Waals surface area contributed by atoms with Gasteiger partial charge in [0.2, 0.25) is 0 Å². The van der Waals surface area contributed by atoms with Crippen LogP contribution in [0.15, 0.2) is 18.3 Å². The first-order valence-electron chi connectivity index (χ1n) is 5.45. The van der Waals surface area contributed by atoms with E-state index in [4.69, 9.17) is 10.4 Å². The van der Waals surface area contributed by atoms with Crippen molar-refractivity contribution < 1.29 is 14.7 Å². The van der Waals surface area contributed by atoms with E-state index >= 15 is 0 Å². The quantitative estimate of drug-likeness (QED) is 0.805. The molecule has 2 N–H and O–H groups in total. The molecular weight excluding hydrogens is 234 g/mol. The van der Waals surface area contributed by atoms with E-state index in [1.807, 2.05) is 6.07 Å². The lowest BCUT2D eigenvalue weighted by molar-refractivity contribution is -0.137. The average molecular weight is 247 g/mol. The van der Waals surface area contributed by atoms with Crippen molar-refractivity contribution in [3.8, 4) is 6.07 Å². The first kappa shape index (κ1) is 13.6. The minimum absolute atomic E-state index is 0.126. The molecule has 1 rings (SSSR count). The molecule has 1 heterocycles. The summed E-state index contributed by atoms with van der Waals surface area (Å²) in [6, 6.07) is 4.39. The molecule has 18 heavy (non-hydrogen) atoms. The largest absolute Gasteiger partial charge is 0.481 e. The van der Waals surface area contributed by atoms with Gasteiger partial charge in [0.1, 0.15) is 11.8 Å². The molecule has 0 saturated carbocycles. The van der Waals surface area contributed by atoms with Crippen LogP contribution in [0.25, 0.3) is 0 Å². The summed E-state index contributed by atoms with van der Waals surface area (Å²) in [6.45, 7) is 1.79. The second-order valence-electron chi connectivity index (χ2n) is 3.72. The molecule has 1 aromatic rings. The molecule has 94 valence electrons. The molecule has 0 radical (unpaired) electrons. The van der Waals surface area contributed by atoms with Gasteiger partial charge in [0.25, 0.3) is 5.91 Å². The first-order chi connectivity index (χ1) is 8.56. The molecule has 0 fully saturated rings. The Hall–Kier alpha value is -2.42. The Morgan fingerprint density at radius 3 is 2.72 bits per heavy atom. The van der Waals surface area contributed by atoms with E-state index in [-0.39, 0.29) is 12.1 Å². The zero-order valence-corrected chi connectivity index (χ0v) is 9.88. The standard InChI is InChI=1S/C12H13N3O3/c1-2-9(5-11(16)17)15-12(18)10-4-3-8(6-13)7-14-10/h3-4,7,9H,2,5H2,1H3,(H,15,18)(H,16,17). The van der Waals surface area contributed by atoms with Crippen molar-refractivity contribution in [1.82, 2.24) is 10.3 Å². The fourth-order valence-corrected chi connectivity index (χ4v) is 1.36. The Balaban J connectivity index is 2.68. The molecule has 0 aliphatic rings. The number of carbonyl (C=O) groups is 2. The number of carboxylic acids is 1. The molecule has 0 aliphatic carbocycles. The van der Waals surface area contributed by atoms with Crippen molar-refractivity contribution in [2.24, 2.45) is 0 Å². The van der Waals surface area contributed by atoms with Crippen molar-refractivity contribution in [3.05, 3.63) is 29.6 Å². The van der Waals surface area contributed by atoms with Crippen LogP contribution in [0.1, 0.15) is 35.8 Å². The maximum Gasteiger partial charge on any atom is 0.305 e. The summed E-state index contributed by atoms with van der Waals surface area (Å²) >= 11 is 0. The first-order valence-corrected chi connectivity index (χ1v) is 5.45. The highest BCUT2D eigenvalue weighted by atomic mass is 16.4. The minimum Gasteiger partial charge on any atom is -0.481 e. The van der Waals surface area contributed by atoms with Crippen LogP contribution < -0.4 is 5.32 Å². The maximum atomic E-state index is 11.7. The Labute approximate surface area is 104 Å². The Kier molecular flexibility index (Phi) is 4.81. The zero-order valence-electron chi connectivity index (χ0n) is 9.88. The van der Waals surface area contributed by atoms with Gasteiger partial charge in [0.15, 0.2) is 0 Å². The number of amides is 1. The van der Waals surface area contributed by atoms with Gasteiger partial charge in [0, 0.05) is 12.2 Å². The number of carbonyl (C=O) groups excluding carboxylic acids is 1. The summed E-state index contributed by atoms with van der Waals surface area (Å²) < 4.78 is 0. The van der Waals surface area contributed by atoms with Crippen molar-refractivity contribution in [1.29, 1.82) is 5.26 Å². The van der Waals surface area contributed by atoms with Crippen LogP contribution >= 0.6 is 0 Å². The van der Waals surface area contributed by atoms with Crippen LogP contribution in [0.5, 0.6) is 0 Å². The second-order valence-corrected chi connectivity index (χ2v) is 3.72. The molecule has 6 nitrogen and oxygen atoms in total. The van der Waals surface area contributed by atoms with Crippen molar-refractivity contribution in [3.63, 3.8) is 0 Å². The zero-order chi connectivity index (χ0) is 13.5. The summed E-state index contributed by atoms with van der Waals surface area (Å²) in [5.41, 5.74) is 0.530. The van der Waals surface area contributed by atoms with Gasteiger partial charge >= 0.3 is 5.97 Å². The predicted molar refractivity (Wildman–Crippen MR) is 62.8 cm³/mol. The van der Waals surface area contributed by atoms with Crippen LogP contribution in [0.3, 0.4) is 0 Å². The van der Waals surface area contributed by atoms with E-state index in [0.29, 0.717) is 12.0 Å². The Morgan fingerprint density at radius 1 is 1.56 bits per heavy atom. The number of aliphatic carboxylic acids is 1. The van der Waals surface area contributed by atoms with Crippen LogP contribution in [0, 0.1) is 11.3 Å². The van der Waals surface area contributed by atoms with Crippen LogP contribution in [0.4, 0.5) is 0 Å². The number of nitrogens with one attached hydrogen (secondary N) is 1. The number of nitriles is 1. The monoisotopic (exact) mass is 247 g/mol. The summed E-state index contributed by atoms with van der Waals surface area (Å²) in [5, 5.41) is 19.8. The molecule has 1 unspecified atom stereocenters. The van der Waals surface area contributed by atoms with E-state index in [9.17, 15) is 9.59 Å². The van der Waals surface area contributed by atoms with Gasteiger partial charge in [0.05, 0.1) is 12.0 Å². The smallest absolute Gasteiger partial charge is 0.305 e. The second kappa shape index (κ2) is 6.35. The molecule has 0 bridgehead atoms. The fraction of sp³-hybridized carbons (Fsp3) is 0.333. The van der Waals surface area contributed by atoms with Crippen LogP contribution in [-0.2, 0) is 4.79 Å². The molecule has 0 aromatic carbocycles. The van der Waals surface area contributed by atoms with Gasteiger partial charge in [-0.25, -0.2) is 4.98 Å². The average Bonchev–Trinajstić information content (AvgIpc) is 2.37. The summed E-state index contributed by atoms with van der Waals surface area (Å²) in [5.74, 6) is -1.40. The molecular formula is C12H13N3O3. The van der Waals surface area contributed by atoms with Crippen molar-refractivity contribution >= 4 is 11.9 Å². The number of rotatable bonds is 5. The molecule has 1 aromatic heterocycles. The molecule has 0 aliphatic heterocycles. The number of pyridine rings is 1. The van der Waals surface area contributed by atoms with Gasteiger partial charge < -0.3 is 10.4 Å². The third-order valence-corrected chi connectivity index (χ3v) is 2.37. The summed E-state index contributed by atoms with van der Waals surface area (Å²) in [7, 11) is 0. The maximum absolute atomic E-state index is 11.7. The predicted octanol–water partition coefficient (Wildman–Crippen LogP) is 0.936. The molecule has 1 atom stereocenters. The lowest BCUT2D eigenvalue weighted by Crippen LogP contribution is -2.36. The van der Waals surface area contributed by atoms with Crippen molar-refractivity contribution in [2.45, 2.75) is 25.8 Å². The van der Waals surface area contributed by atoms with Gasteiger partial charge in [-0.15, -0.1) is 0 Å². The SMILES string of the molecule is CCC(CC(=O)O)NC(=O)c1ccc(C#N)cn1. The lowest BCUT2D eigenvalue weighted by Gasteiger charge is -2.14. The Morgan fingerprint density at radius 2 is 2.28 bits per heavy atom. The van der Waals surface area contributed by atoms with Gasteiger partial charge in [-0.05, 0) is 18.6 Å². The van der Waals surface area contributed by atoms with Crippen LogP contribution in [0.2, 0.25) is 0 Å². The van der Waals surface area contributed by atoms with E-state index in [1.165, 1.54) is 18.3 Å². The number of carboxylic acid groups (broad SMARTS) is 1. The highest BCUT2D eigenvalue weighted by molar-refractivity contribution is 5.92. The third kappa shape index (κ3) is 3.87.